The number of nitrogens with one attached hydrogen (secondary N) is 1. The van der Waals surface area contributed by atoms with E-state index in [1.165, 1.54) is 12.3 Å². The highest BCUT2D eigenvalue weighted by Crippen LogP contribution is 2.46. The average Bonchev–Trinajstić information content (AvgIpc) is 3.81. The number of hydrogen-bond acceptors (Lipinski definition) is 8. The first-order valence-electron chi connectivity index (χ1n) is 19.6. The van der Waals surface area contributed by atoms with Crippen molar-refractivity contribution in [3.05, 3.63) is 108 Å². The molecular formula is C44H53F3N4O5Si. The summed E-state index contributed by atoms with van der Waals surface area (Å²) in [6, 6.07) is 22.9. The summed E-state index contributed by atoms with van der Waals surface area (Å²) in [7, 11) is -3.28. The lowest BCUT2D eigenvalue weighted by Gasteiger charge is -2.45. The number of hydrogen-bond donors (Lipinski definition) is 1. The third-order valence-corrected chi connectivity index (χ3v) is 16.0. The standard InChI is InChI=1S/C44H53F3N4O5Si/c1-29-20-30-21-37-38(54-28-53-37)23-35(30)40(39-36(45)22-32(24-48-39)49-31-18-19-50(25-31)41(52)56-42(2,3)4)51(29)26-44(46,47)27-55-57(43(5,6)7,33-14-10-8-11-15-33)34-16-12-9-13-17-34/h8-17,21-24,29,31,40,49H,18-20,25-28H2,1-7H3/t29-,31+,40+/m1/s1. The Labute approximate surface area is 334 Å². The van der Waals surface area contributed by atoms with Crippen LogP contribution in [0.3, 0.4) is 0 Å². The summed E-state index contributed by atoms with van der Waals surface area (Å²) in [5, 5.41) is 4.62. The van der Waals surface area contributed by atoms with Gasteiger partial charge in [0.1, 0.15) is 11.4 Å². The van der Waals surface area contributed by atoms with Crippen LogP contribution in [0.1, 0.15) is 77.7 Å². The second kappa shape index (κ2) is 15.6. The Morgan fingerprint density at radius 1 is 0.947 bits per heavy atom. The van der Waals surface area contributed by atoms with E-state index < -0.39 is 62.0 Å². The smallest absolute Gasteiger partial charge is 0.410 e. The molecule has 1 fully saturated rings. The van der Waals surface area contributed by atoms with Crippen LogP contribution in [0.25, 0.3) is 0 Å². The number of alkyl halides is 2. The maximum Gasteiger partial charge on any atom is 0.410 e. The molecule has 3 aliphatic rings. The maximum atomic E-state index is 16.8. The Morgan fingerprint density at radius 3 is 2.18 bits per heavy atom. The summed E-state index contributed by atoms with van der Waals surface area (Å²) >= 11 is 0. The minimum absolute atomic E-state index is 0.0257. The van der Waals surface area contributed by atoms with Gasteiger partial charge in [0.05, 0.1) is 36.8 Å². The lowest BCUT2D eigenvalue weighted by Crippen LogP contribution is -2.67. The molecule has 0 aliphatic carbocycles. The fraction of sp³-hybridized carbons (Fsp3) is 0.455. The van der Waals surface area contributed by atoms with E-state index in [-0.39, 0.29) is 18.5 Å². The van der Waals surface area contributed by atoms with E-state index >= 15 is 13.2 Å². The van der Waals surface area contributed by atoms with Gasteiger partial charge in [0.25, 0.3) is 14.2 Å². The van der Waals surface area contributed by atoms with Crippen LogP contribution >= 0.6 is 0 Å². The van der Waals surface area contributed by atoms with Gasteiger partial charge in [-0.15, -0.1) is 0 Å². The molecule has 4 heterocycles. The highest BCUT2D eigenvalue weighted by atomic mass is 28.4. The molecule has 1 N–H and O–H groups in total. The van der Waals surface area contributed by atoms with E-state index in [0.717, 1.165) is 15.9 Å². The highest BCUT2D eigenvalue weighted by Gasteiger charge is 2.52. The van der Waals surface area contributed by atoms with E-state index in [1.54, 1.807) is 15.9 Å². The van der Waals surface area contributed by atoms with Gasteiger partial charge in [-0.3, -0.25) is 9.88 Å². The molecule has 3 atom stereocenters. The van der Waals surface area contributed by atoms with Crippen LogP contribution in [0.2, 0.25) is 5.04 Å². The molecule has 13 heteroatoms. The Kier molecular flexibility index (Phi) is 11.1. The molecule has 304 valence electrons. The van der Waals surface area contributed by atoms with Crippen molar-refractivity contribution in [2.75, 3.05) is 38.4 Å². The first-order chi connectivity index (χ1) is 26.9. The number of anilines is 1. The van der Waals surface area contributed by atoms with Crippen molar-refractivity contribution in [1.82, 2.24) is 14.8 Å². The van der Waals surface area contributed by atoms with Crippen molar-refractivity contribution in [3.8, 4) is 11.5 Å². The zero-order chi connectivity index (χ0) is 40.8. The largest absolute Gasteiger partial charge is 0.454 e. The number of halogens is 3. The number of fused-ring (bicyclic) bond motifs is 2. The minimum atomic E-state index is -3.34. The summed E-state index contributed by atoms with van der Waals surface area (Å²) in [4.78, 5) is 20.5. The van der Waals surface area contributed by atoms with Crippen molar-refractivity contribution >= 4 is 30.5 Å². The lowest BCUT2D eigenvalue weighted by atomic mass is 9.86. The highest BCUT2D eigenvalue weighted by molar-refractivity contribution is 6.99. The van der Waals surface area contributed by atoms with Crippen LogP contribution in [0.15, 0.2) is 85.1 Å². The summed E-state index contributed by atoms with van der Waals surface area (Å²) in [5.41, 5.74) is 1.33. The van der Waals surface area contributed by atoms with Gasteiger partial charge in [0.15, 0.2) is 11.5 Å². The Morgan fingerprint density at radius 2 is 1.58 bits per heavy atom. The Hall–Kier alpha value is -4.59. The van der Waals surface area contributed by atoms with E-state index in [9.17, 15) is 4.79 Å². The molecule has 1 aromatic heterocycles. The molecule has 0 radical (unpaired) electrons. The van der Waals surface area contributed by atoms with Crippen molar-refractivity contribution < 1.29 is 36.6 Å². The Balaban J connectivity index is 1.18. The normalized spacial score (nSPS) is 20.0. The second-order valence-electron chi connectivity index (χ2n) is 17.5. The summed E-state index contributed by atoms with van der Waals surface area (Å²) in [6.45, 7) is 12.9. The van der Waals surface area contributed by atoms with E-state index in [0.29, 0.717) is 48.7 Å². The van der Waals surface area contributed by atoms with E-state index in [1.807, 2.05) is 94.4 Å². The number of carbonyl (C=O) groups excluding carboxylic acids is 1. The van der Waals surface area contributed by atoms with Crippen LogP contribution in [-0.4, -0.2) is 85.8 Å². The molecular weight excluding hydrogens is 750 g/mol. The van der Waals surface area contributed by atoms with Gasteiger partial charge >= 0.3 is 6.09 Å². The number of carbonyl (C=O) groups is 1. The molecule has 0 unspecified atom stereocenters. The second-order valence-corrected chi connectivity index (χ2v) is 21.8. The van der Waals surface area contributed by atoms with E-state index in [2.05, 4.69) is 31.1 Å². The number of aromatic nitrogens is 1. The molecule has 0 spiro atoms. The lowest BCUT2D eigenvalue weighted by molar-refractivity contribution is -0.0824. The summed E-state index contributed by atoms with van der Waals surface area (Å²) < 4.78 is 73.8. The number of nitrogens with zero attached hydrogens (tertiary/aromatic N) is 3. The number of likely N-dealkylation sites (tertiary alicyclic amines) is 1. The molecule has 3 aliphatic heterocycles. The predicted octanol–water partition coefficient (Wildman–Crippen LogP) is 7.92. The topological polar surface area (TPSA) is 85.4 Å². The quantitative estimate of drug-likeness (QED) is 0.162. The van der Waals surface area contributed by atoms with Crippen LogP contribution in [0.5, 0.6) is 11.5 Å². The van der Waals surface area contributed by atoms with Gasteiger partial charge in [-0.05, 0) is 79.2 Å². The molecule has 57 heavy (non-hydrogen) atoms. The third kappa shape index (κ3) is 8.51. The molecule has 1 saturated heterocycles. The van der Waals surface area contributed by atoms with Gasteiger partial charge in [0.2, 0.25) is 6.79 Å². The summed E-state index contributed by atoms with van der Waals surface area (Å²) in [5.74, 6) is -2.93. The molecule has 1 amide bonds. The van der Waals surface area contributed by atoms with Crippen LogP contribution in [0, 0.1) is 5.82 Å². The van der Waals surface area contributed by atoms with Crippen molar-refractivity contribution in [2.24, 2.45) is 0 Å². The molecule has 4 aromatic rings. The zero-order valence-electron chi connectivity index (χ0n) is 33.8. The molecule has 0 saturated carbocycles. The van der Waals surface area contributed by atoms with Crippen LogP contribution in [0.4, 0.5) is 23.7 Å². The van der Waals surface area contributed by atoms with Crippen molar-refractivity contribution in [1.29, 1.82) is 0 Å². The fourth-order valence-electron chi connectivity index (χ4n) is 8.47. The molecule has 3 aromatic carbocycles. The molecule has 9 nitrogen and oxygen atoms in total. The number of rotatable bonds is 10. The monoisotopic (exact) mass is 802 g/mol. The van der Waals surface area contributed by atoms with Crippen molar-refractivity contribution in [2.45, 2.75) is 96.0 Å². The van der Waals surface area contributed by atoms with Gasteiger partial charge < -0.3 is 28.9 Å². The maximum absolute atomic E-state index is 16.8. The number of ether oxygens (including phenoxy) is 3. The third-order valence-electron chi connectivity index (χ3n) is 11.0. The van der Waals surface area contributed by atoms with Crippen molar-refractivity contribution in [3.63, 3.8) is 0 Å². The average molecular weight is 803 g/mol. The van der Waals surface area contributed by atoms with Gasteiger partial charge in [-0.1, -0.05) is 81.4 Å². The fourth-order valence-corrected chi connectivity index (χ4v) is 13.1. The van der Waals surface area contributed by atoms with Gasteiger partial charge in [0, 0.05) is 31.2 Å². The summed E-state index contributed by atoms with van der Waals surface area (Å²) in [6.07, 6.45) is 2.21. The Bertz CT molecular complexity index is 2020. The first-order valence-corrected chi connectivity index (χ1v) is 21.6. The van der Waals surface area contributed by atoms with Gasteiger partial charge in [-0.25, -0.2) is 18.0 Å². The zero-order valence-corrected chi connectivity index (χ0v) is 34.8. The van der Waals surface area contributed by atoms with Crippen LogP contribution in [-0.2, 0) is 15.6 Å². The van der Waals surface area contributed by atoms with Gasteiger partial charge in [-0.2, -0.15) is 0 Å². The van der Waals surface area contributed by atoms with E-state index in [4.69, 9.17) is 18.6 Å². The molecule has 0 bridgehead atoms. The number of benzene rings is 3. The number of pyridine rings is 1. The minimum Gasteiger partial charge on any atom is -0.454 e. The SMILES string of the molecule is C[C@@H]1Cc2cc3c(cc2[C@@H](c2ncc(N[C@H]4CCN(C(=O)OC(C)(C)C)C4)cc2F)N1CC(F)(F)CO[Si](c1ccccc1)(c1ccccc1)C(C)(C)C)OCO3. The van der Waals surface area contributed by atoms with Crippen LogP contribution < -0.4 is 25.2 Å². The molecule has 7 rings (SSSR count). The predicted molar refractivity (Wildman–Crippen MR) is 217 cm³/mol. The number of amides is 1. The first kappa shape index (κ1) is 40.6.